The SMILES string of the molecule is CCNC(=O)c1ccc(Nc2cc(Cl)ccc2Oc2ccccc2)c(N)c1. The molecule has 0 aliphatic carbocycles. The van der Waals surface area contributed by atoms with Crippen molar-refractivity contribution in [3.63, 3.8) is 0 Å². The Bertz CT molecular complexity index is 945. The molecule has 1 amide bonds. The van der Waals surface area contributed by atoms with Gasteiger partial charge in [0.15, 0.2) is 5.75 Å². The van der Waals surface area contributed by atoms with Gasteiger partial charge in [-0.15, -0.1) is 0 Å². The molecule has 5 nitrogen and oxygen atoms in total. The zero-order valence-corrected chi connectivity index (χ0v) is 15.6. The van der Waals surface area contributed by atoms with Crippen LogP contribution in [0.2, 0.25) is 5.02 Å². The predicted molar refractivity (Wildman–Crippen MR) is 110 cm³/mol. The smallest absolute Gasteiger partial charge is 0.251 e. The number of anilines is 3. The standard InChI is InChI=1S/C21H20ClN3O2/c1-2-24-21(26)14-8-10-18(17(23)12-14)25-19-13-15(22)9-11-20(19)27-16-6-4-3-5-7-16/h3-13,25H,2,23H2,1H3,(H,24,26). The van der Waals surface area contributed by atoms with Crippen LogP contribution in [0.25, 0.3) is 0 Å². The highest BCUT2D eigenvalue weighted by Gasteiger charge is 2.11. The van der Waals surface area contributed by atoms with E-state index in [4.69, 9.17) is 22.1 Å². The maximum atomic E-state index is 11.9. The minimum atomic E-state index is -0.161. The molecule has 3 aromatic rings. The average molecular weight is 382 g/mol. The average Bonchev–Trinajstić information content (AvgIpc) is 2.66. The Labute approximate surface area is 163 Å². The lowest BCUT2D eigenvalue weighted by Crippen LogP contribution is -2.22. The van der Waals surface area contributed by atoms with Crippen molar-refractivity contribution < 1.29 is 9.53 Å². The van der Waals surface area contributed by atoms with E-state index in [9.17, 15) is 4.79 Å². The lowest BCUT2D eigenvalue weighted by atomic mass is 10.1. The van der Waals surface area contributed by atoms with Crippen LogP contribution >= 0.6 is 11.6 Å². The van der Waals surface area contributed by atoms with E-state index >= 15 is 0 Å². The molecule has 0 saturated heterocycles. The number of halogens is 1. The molecule has 3 aromatic carbocycles. The van der Waals surface area contributed by atoms with Crippen molar-refractivity contribution in [2.75, 3.05) is 17.6 Å². The minimum Gasteiger partial charge on any atom is -0.455 e. The maximum Gasteiger partial charge on any atom is 0.251 e. The summed E-state index contributed by atoms with van der Waals surface area (Å²) >= 11 is 6.15. The number of carbonyl (C=O) groups is 1. The van der Waals surface area contributed by atoms with Crippen molar-refractivity contribution in [2.45, 2.75) is 6.92 Å². The first-order chi connectivity index (χ1) is 13.1. The largest absolute Gasteiger partial charge is 0.455 e. The fraction of sp³-hybridized carbons (Fsp3) is 0.0952. The Balaban J connectivity index is 1.87. The van der Waals surface area contributed by atoms with E-state index < -0.39 is 0 Å². The van der Waals surface area contributed by atoms with Crippen molar-refractivity contribution in [1.29, 1.82) is 0 Å². The van der Waals surface area contributed by atoms with E-state index in [0.717, 1.165) is 0 Å². The van der Waals surface area contributed by atoms with Crippen LogP contribution < -0.4 is 21.1 Å². The van der Waals surface area contributed by atoms with Gasteiger partial charge >= 0.3 is 0 Å². The second-order valence-electron chi connectivity index (χ2n) is 5.84. The van der Waals surface area contributed by atoms with Gasteiger partial charge in [-0.05, 0) is 55.5 Å². The van der Waals surface area contributed by atoms with E-state index in [0.29, 0.717) is 45.7 Å². The van der Waals surface area contributed by atoms with Crippen LogP contribution in [0.4, 0.5) is 17.1 Å². The van der Waals surface area contributed by atoms with Crippen molar-refractivity contribution in [3.8, 4) is 11.5 Å². The van der Waals surface area contributed by atoms with Crippen LogP contribution in [0.15, 0.2) is 66.7 Å². The topological polar surface area (TPSA) is 76.4 Å². The summed E-state index contributed by atoms with van der Waals surface area (Å²) in [5.74, 6) is 1.16. The van der Waals surface area contributed by atoms with Crippen molar-refractivity contribution in [3.05, 3.63) is 77.3 Å². The summed E-state index contributed by atoms with van der Waals surface area (Å²) in [6.07, 6.45) is 0. The Morgan fingerprint density at radius 2 is 1.81 bits per heavy atom. The number of nitrogens with one attached hydrogen (secondary N) is 2. The van der Waals surface area contributed by atoms with Crippen molar-refractivity contribution in [1.82, 2.24) is 5.32 Å². The van der Waals surface area contributed by atoms with Crippen LogP contribution in [0, 0.1) is 0 Å². The van der Waals surface area contributed by atoms with Crippen LogP contribution in [0.5, 0.6) is 11.5 Å². The molecule has 0 unspecified atom stereocenters. The molecule has 0 radical (unpaired) electrons. The molecule has 0 aromatic heterocycles. The summed E-state index contributed by atoms with van der Waals surface area (Å²) < 4.78 is 5.94. The van der Waals surface area contributed by atoms with Crippen LogP contribution in [-0.2, 0) is 0 Å². The van der Waals surface area contributed by atoms with Gasteiger partial charge in [-0.2, -0.15) is 0 Å². The molecule has 3 rings (SSSR count). The molecule has 0 aliphatic heterocycles. The van der Waals surface area contributed by atoms with Gasteiger partial charge in [0.25, 0.3) is 5.91 Å². The highest BCUT2D eigenvalue weighted by molar-refractivity contribution is 6.31. The molecule has 0 bridgehead atoms. The number of hydrogen-bond donors (Lipinski definition) is 3. The van der Waals surface area contributed by atoms with Gasteiger partial charge in [-0.25, -0.2) is 0 Å². The van der Waals surface area contributed by atoms with Gasteiger partial charge in [-0.1, -0.05) is 29.8 Å². The van der Waals surface area contributed by atoms with Gasteiger partial charge in [0.1, 0.15) is 5.75 Å². The zero-order valence-electron chi connectivity index (χ0n) is 14.8. The number of nitrogens with two attached hydrogens (primary N) is 1. The van der Waals surface area contributed by atoms with Crippen LogP contribution in [0.3, 0.4) is 0 Å². The Kier molecular flexibility index (Phi) is 5.84. The number of hydrogen-bond acceptors (Lipinski definition) is 4. The van der Waals surface area contributed by atoms with E-state index in [1.54, 1.807) is 36.4 Å². The second kappa shape index (κ2) is 8.47. The summed E-state index contributed by atoms with van der Waals surface area (Å²) in [7, 11) is 0. The van der Waals surface area contributed by atoms with E-state index in [2.05, 4.69) is 10.6 Å². The van der Waals surface area contributed by atoms with E-state index in [1.165, 1.54) is 0 Å². The molecule has 27 heavy (non-hydrogen) atoms. The van der Waals surface area contributed by atoms with Gasteiger partial charge in [0, 0.05) is 17.1 Å². The summed E-state index contributed by atoms with van der Waals surface area (Å²) in [5, 5.41) is 6.55. The molecule has 6 heteroatoms. The molecular formula is C21H20ClN3O2. The predicted octanol–water partition coefficient (Wildman–Crippen LogP) is 5.21. The lowest BCUT2D eigenvalue weighted by Gasteiger charge is -2.15. The first-order valence-electron chi connectivity index (χ1n) is 8.54. The minimum absolute atomic E-state index is 0.161. The van der Waals surface area contributed by atoms with Crippen molar-refractivity contribution >= 4 is 34.6 Å². The highest BCUT2D eigenvalue weighted by atomic mass is 35.5. The van der Waals surface area contributed by atoms with Gasteiger partial charge < -0.3 is 21.1 Å². The zero-order chi connectivity index (χ0) is 19.2. The third-order valence-corrected chi connectivity index (χ3v) is 4.07. The highest BCUT2D eigenvalue weighted by Crippen LogP contribution is 2.35. The quantitative estimate of drug-likeness (QED) is 0.512. The molecule has 138 valence electrons. The number of ether oxygens (including phenoxy) is 1. The third kappa shape index (κ3) is 4.71. The number of carbonyl (C=O) groups excluding carboxylic acids is 1. The summed E-state index contributed by atoms with van der Waals surface area (Å²) in [5.41, 5.74) is 8.41. The van der Waals surface area contributed by atoms with E-state index in [1.807, 2.05) is 37.3 Å². The molecule has 0 aliphatic rings. The normalized spacial score (nSPS) is 10.3. The third-order valence-electron chi connectivity index (χ3n) is 3.83. The lowest BCUT2D eigenvalue weighted by molar-refractivity contribution is 0.0956. The second-order valence-corrected chi connectivity index (χ2v) is 6.28. The van der Waals surface area contributed by atoms with Gasteiger partial charge in [0.05, 0.1) is 17.1 Å². The fourth-order valence-corrected chi connectivity index (χ4v) is 2.70. The molecule has 4 N–H and O–H groups in total. The first kappa shape index (κ1) is 18.6. The van der Waals surface area contributed by atoms with Gasteiger partial charge in [0.2, 0.25) is 0 Å². The molecule has 0 spiro atoms. The number of rotatable bonds is 6. The monoisotopic (exact) mass is 381 g/mol. The van der Waals surface area contributed by atoms with Gasteiger partial charge in [-0.3, -0.25) is 4.79 Å². The fourth-order valence-electron chi connectivity index (χ4n) is 2.53. The molecule has 0 fully saturated rings. The Morgan fingerprint density at radius 3 is 2.52 bits per heavy atom. The van der Waals surface area contributed by atoms with Crippen LogP contribution in [0.1, 0.15) is 17.3 Å². The Morgan fingerprint density at radius 1 is 1.04 bits per heavy atom. The first-order valence-corrected chi connectivity index (χ1v) is 8.92. The number of amides is 1. The number of benzene rings is 3. The van der Waals surface area contributed by atoms with Crippen LogP contribution in [-0.4, -0.2) is 12.5 Å². The number of para-hydroxylation sites is 1. The molecule has 0 heterocycles. The summed E-state index contributed by atoms with van der Waals surface area (Å²) in [6.45, 7) is 2.42. The van der Waals surface area contributed by atoms with Crippen molar-refractivity contribution in [2.24, 2.45) is 0 Å². The molecular weight excluding hydrogens is 362 g/mol. The number of nitrogen functional groups attached to an aromatic ring is 1. The summed E-state index contributed by atoms with van der Waals surface area (Å²) in [6, 6.07) is 19.9. The van der Waals surface area contributed by atoms with E-state index in [-0.39, 0.29) is 5.91 Å². The maximum absolute atomic E-state index is 11.9. The molecule has 0 saturated carbocycles. The molecule has 0 atom stereocenters. The summed E-state index contributed by atoms with van der Waals surface area (Å²) in [4.78, 5) is 11.9. The Hall–Kier alpha value is -3.18.